The molecule has 0 fully saturated rings. The Morgan fingerprint density at radius 1 is 1.05 bits per heavy atom. The van der Waals surface area contributed by atoms with Crippen LogP contribution in [0.15, 0.2) is 48.9 Å². The predicted molar refractivity (Wildman–Crippen MR) is 78.9 cm³/mol. The van der Waals surface area contributed by atoms with Crippen molar-refractivity contribution in [2.24, 2.45) is 0 Å². The highest BCUT2D eigenvalue weighted by Gasteiger charge is 2.12. The Labute approximate surface area is 121 Å². The summed E-state index contributed by atoms with van der Waals surface area (Å²) in [7, 11) is 0. The molecular weight excluding hydrogens is 283 g/mol. The Bertz CT molecular complexity index is 717. The van der Waals surface area contributed by atoms with Crippen LogP contribution in [-0.4, -0.2) is 15.1 Å². The standard InChI is InChI=1S/C14H9ClN2O.ClH/c15-12-8-11(9-3-6-16-7-4-9)14(18)13-10(12)2-1-5-17-13;/h1-8,18H;1H. The SMILES string of the molecule is Cl.Oc1c(-c2ccncc2)cc(Cl)c2cccnc12. The normalized spacial score (nSPS) is 10.2. The van der Waals surface area contributed by atoms with E-state index in [2.05, 4.69) is 9.97 Å². The van der Waals surface area contributed by atoms with Crippen LogP contribution in [-0.2, 0) is 0 Å². The molecule has 0 aliphatic carbocycles. The van der Waals surface area contributed by atoms with Crippen LogP contribution in [0.2, 0.25) is 5.02 Å². The number of aromatic nitrogens is 2. The van der Waals surface area contributed by atoms with Crippen molar-refractivity contribution in [3.63, 3.8) is 0 Å². The van der Waals surface area contributed by atoms with Crippen molar-refractivity contribution in [2.45, 2.75) is 0 Å². The minimum Gasteiger partial charge on any atom is -0.505 e. The fraction of sp³-hybridized carbons (Fsp3) is 0. The van der Waals surface area contributed by atoms with Gasteiger partial charge in [-0.25, -0.2) is 0 Å². The Morgan fingerprint density at radius 3 is 2.53 bits per heavy atom. The topological polar surface area (TPSA) is 46.0 Å². The van der Waals surface area contributed by atoms with Crippen molar-refractivity contribution < 1.29 is 5.11 Å². The van der Waals surface area contributed by atoms with Gasteiger partial charge in [-0.3, -0.25) is 9.97 Å². The molecule has 2 heterocycles. The number of aromatic hydroxyl groups is 1. The van der Waals surface area contributed by atoms with E-state index in [4.69, 9.17) is 11.6 Å². The van der Waals surface area contributed by atoms with Gasteiger partial charge in [0.1, 0.15) is 11.3 Å². The van der Waals surface area contributed by atoms with Gasteiger partial charge in [-0.2, -0.15) is 0 Å². The fourth-order valence-corrected chi connectivity index (χ4v) is 2.20. The third-order valence-electron chi connectivity index (χ3n) is 2.81. The zero-order chi connectivity index (χ0) is 12.5. The van der Waals surface area contributed by atoms with Crippen LogP contribution in [0, 0.1) is 0 Å². The lowest BCUT2D eigenvalue weighted by molar-refractivity contribution is 0.482. The molecule has 0 saturated carbocycles. The highest BCUT2D eigenvalue weighted by molar-refractivity contribution is 6.36. The molecule has 0 unspecified atom stereocenters. The van der Waals surface area contributed by atoms with Gasteiger partial charge in [-0.15, -0.1) is 12.4 Å². The molecule has 0 aliphatic rings. The first-order chi connectivity index (χ1) is 8.77. The molecule has 19 heavy (non-hydrogen) atoms. The number of hydrogen-bond donors (Lipinski definition) is 1. The van der Waals surface area contributed by atoms with Crippen molar-refractivity contribution in [3.05, 3.63) is 53.9 Å². The van der Waals surface area contributed by atoms with Gasteiger partial charge in [0.25, 0.3) is 0 Å². The van der Waals surface area contributed by atoms with Gasteiger partial charge in [-0.1, -0.05) is 11.6 Å². The monoisotopic (exact) mass is 292 g/mol. The Morgan fingerprint density at radius 2 is 1.79 bits per heavy atom. The smallest absolute Gasteiger partial charge is 0.149 e. The Hall–Kier alpha value is -1.84. The van der Waals surface area contributed by atoms with E-state index in [1.165, 1.54) is 0 Å². The number of hydrogen-bond acceptors (Lipinski definition) is 3. The van der Waals surface area contributed by atoms with Crippen LogP contribution in [0.1, 0.15) is 0 Å². The lowest BCUT2D eigenvalue weighted by atomic mass is 10.0. The van der Waals surface area contributed by atoms with Crippen LogP contribution >= 0.6 is 24.0 Å². The maximum atomic E-state index is 10.3. The molecule has 0 bridgehead atoms. The van der Waals surface area contributed by atoms with E-state index in [0.29, 0.717) is 16.1 Å². The van der Waals surface area contributed by atoms with E-state index >= 15 is 0 Å². The van der Waals surface area contributed by atoms with Crippen LogP contribution in [0.4, 0.5) is 0 Å². The van der Waals surface area contributed by atoms with Gasteiger partial charge >= 0.3 is 0 Å². The molecule has 3 nitrogen and oxygen atoms in total. The van der Waals surface area contributed by atoms with Gasteiger partial charge < -0.3 is 5.11 Å². The van der Waals surface area contributed by atoms with Gasteiger partial charge in [0.2, 0.25) is 0 Å². The summed E-state index contributed by atoms with van der Waals surface area (Å²) in [5.74, 6) is 0.140. The molecule has 0 radical (unpaired) electrons. The van der Waals surface area contributed by atoms with Crippen molar-refractivity contribution in [1.82, 2.24) is 9.97 Å². The van der Waals surface area contributed by atoms with Crippen LogP contribution in [0.25, 0.3) is 22.0 Å². The lowest BCUT2D eigenvalue weighted by Gasteiger charge is -2.09. The van der Waals surface area contributed by atoms with E-state index in [1.807, 2.05) is 18.2 Å². The first-order valence-corrected chi connectivity index (χ1v) is 5.82. The molecule has 2 aromatic heterocycles. The molecule has 3 rings (SSSR count). The quantitative estimate of drug-likeness (QED) is 0.735. The third-order valence-corrected chi connectivity index (χ3v) is 3.12. The molecule has 96 valence electrons. The zero-order valence-corrected chi connectivity index (χ0v) is 11.3. The second kappa shape index (κ2) is 5.43. The lowest BCUT2D eigenvalue weighted by Crippen LogP contribution is -1.85. The maximum absolute atomic E-state index is 10.3. The average molecular weight is 293 g/mol. The first kappa shape index (κ1) is 13.6. The number of nitrogens with zero attached hydrogens (tertiary/aromatic N) is 2. The summed E-state index contributed by atoms with van der Waals surface area (Å²) in [6.07, 6.45) is 4.98. The predicted octanol–water partition coefficient (Wildman–Crippen LogP) is 4.08. The van der Waals surface area contributed by atoms with Gasteiger partial charge in [0.05, 0.1) is 5.02 Å². The number of benzene rings is 1. The second-order valence-corrected chi connectivity index (χ2v) is 4.30. The largest absolute Gasteiger partial charge is 0.505 e. The minimum atomic E-state index is 0. The Balaban J connectivity index is 0.00000133. The van der Waals surface area contributed by atoms with E-state index in [-0.39, 0.29) is 18.2 Å². The third kappa shape index (κ3) is 2.35. The summed E-state index contributed by atoms with van der Waals surface area (Å²) < 4.78 is 0. The summed E-state index contributed by atoms with van der Waals surface area (Å²) in [6, 6.07) is 9.01. The minimum absolute atomic E-state index is 0. The molecule has 3 aromatic rings. The van der Waals surface area contributed by atoms with Crippen LogP contribution < -0.4 is 0 Å². The van der Waals surface area contributed by atoms with Gasteiger partial charge in [0, 0.05) is 29.5 Å². The van der Waals surface area contributed by atoms with E-state index in [0.717, 1.165) is 10.9 Å². The highest BCUT2D eigenvalue weighted by Crippen LogP contribution is 2.38. The van der Waals surface area contributed by atoms with E-state index < -0.39 is 0 Å². The molecule has 1 aromatic carbocycles. The van der Waals surface area contributed by atoms with E-state index in [1.54, 1.807) is 30.7 Å². The fourth-order valence-electron chi connectivity index (χ4n) is 1.94. The van der Waals surface area contributed by atoms with Crippen LogP contribution in [0.3, 0.4) is 0 Å². The number of phenols is 1. The van der Waals surface area contributed by atoms with Crippen molar-refractivity contribution >= 4 is 34.9 Å². The molecule has 1 N–H and O–H groups in total. The summed E-state index contributed by atoms with van der Waals surface area (Å²) in [6.45, 7) is 0. The zero-order valence-electron chi connectivity index (χ0n) is 9.75. The number of phenolic OH excluding ortho intramolecular Hbond substituents is 1. The second-order valence-electron chi connectivity index (χ2n) is 3.89. The van der Waals surface area contributed by atoms with Crippen LogP contribution in [0.5, 0.6) is 5.75 Å². The summed E-state index contributed by atoms with van der Waals surface area (Å²) in [5.41, 5.74) is 2.03. The summed E-state index contributed by atoms with van der Waals surface area (Å²) in [5, 5.41) is 11.6. The molecule has 0 saturated heterocycles. The number of halogens is 2. The van der Waals surface area contributed by atoms with Crippen molar-refractivity contribution in [3.8, 4) is 16.9 Å². The number of fused-ring (bicyclic) bond motifs is 1. The maximum Gasteiger partial charge on any atom is 0.149 e. The average Bonchev–Trinajstić information content (AvgIpc) is 2.44. The molecule has 0 amide bonds. The van der Waals surface area contributed by atoms with E-state index in [9.17, 15) is 5.11 Å². The highest BCUT2D eigenvalue weighted by atomic mass is 35.5. The van der Waals surface area contributed by atoms with Gasteiger partial charge in [0.15, 0.2) is 0 Å². The van der Waals surface area contributed by atoms with Crippen molar-refractivity contribution in [2.75, 3.05) is 0 Å². The molecule has 0 aliphatic heterocycles. The molecular formula is C14H10Cl2N2O. The van der Waals surface area contributed by atoms with Crippen molar-refractivity contribution in [1.29, 1.82) is 0 Å². The Kier molecular flexibility index (Phi) is 3.88. The summed E-state index contributed by atoms with van der Waals surface area (Å²) in [4.78, 5) is 8.13. The summed E-state index contributed by atoms with van der Waals surface area (Å²) >= 11 is 6.22. The number of pyridine rings is 2. The van der Waals surface area contributed by atoms with Gasteiger partial charge in [-0.05, 0) is 35.9 Å². The molecule has 0 atom stereocenters. The molecule has 0 spiro atoms. The molecule has 5 heteroatoms. The number of rotatable bonds is 1. The first-order valence-electron chi connectivity index (χ1n) is 5.44.